The van der Waals surface area contributed by atoms with Crippen molar-refractivity contribution in [1.82, 2.24) is 14.8 Å². The van der Waals surface area contributed by atoms with Crippen LogP contribution < -0.4 is 9.47 Å². The zero-order valence-corrected chi connectivity index (χ0v) is 18.1. The van der Waals surface area contributed by atoms with E-state index in [1.165, 1.54) is 10.5 Å². The Morgan fingerprint density at radius 3 is 2.36 bits per heavy atom. The van der Waals surface area contributed by atoms with Gasteiger partial charge in [0.2, 0.25) is 0 Å². The number of methoxy groups -OCH3 is 1. The van der Waals surface area contributed by atoms with Crippen molar-refractivity contribution in [2.24, 2.45) is 7.05 Å². The van der Waals surface area contributed by atoms with Crippen LogP contribution in [0.3, 0.4) is 0 Å². The lowest BCUT2D eigenvalue weighted by atomic mass is 10.2. The van der Waals surface area contributed by atoms with Crippen LogP contribution in [0.15, 0.2) is 58.6 Å². The number of aromatic nitrogens is 3. The van der Waals surface area contributed by atoms with Gasteiger partial charge in [0.15, 0.2) is 5.16 Å². The number of thioether (sulfide) groups is 2. The summed E-state index contributed by atoms with van der Waals surface area (Å²) in [7, 11) is 3.69. The summed E-state index contributed by atoms with van der Waals surface area (Å²) in [6, 6.07) is 16.2. The fourth-order valence-electron chi connectivity index (χ4n) is 2.46. The molecule has 0 amide bonds. The SMILES string of the molecule is COc1ccc(OCCCSc2nnc(CSc3ccc(C)cc3)n2C)cc1. The van der Waals surface area contributed by atoms with Gasteiger partial charge < -0.3 is 14.0 Å². The monoisotopic (exact) mass is 415 g/mol. The Kier molecular flexibility index (Phi) is 7.68. The molecule has 0 aliphatic carbocycles. The maximum Gasteiger partial charge on any atom is 0.190 e. The fraction of sp³-hybridized carbons (Fsp3) is 0.333. The van der Waals surface area contributed by atoms with E-state index in [2.05, 4.69) is 46.0 Å². The Balaban J connectivity index is 1.39. The Bertz CT molecular complexity index is 864. The van der Waals surface area contributed by atoms with Crippen molar-refractivity contribution in [2.45, 2.75) is 29.1 Å². The predicted octanol–water partition coefficient (Wildman–Crippen LogP) is 4.99. The van der Waals surface area contributed by atoms with Crippen molar-refractivity contribution < 1.29 is 9.47 Å². The molecule has 1 heterocycles. The van der Waals surface area contributed by atoms with E-state index in [9.17, 15) is 0 Å². The first kappa shape index (κ1) is 20.6. The van der Waals surface area contributed by atoms with Gasteiger partial charge in [0.25, 0.3) is 0 Å². The molecule has 1 aromatic heterocycles. The number of hydrogen-bond donors (Lipinski definition) is 0. The predicted molar refractivity (Wildman–Crippen MR) is 116 cm³/mol. The number of benzene rings is 2. The number of nitrogens with zero attached hydrogens (tertiary/aromatic N) is 3. The second-order valence-corrected chi connectivity index (χ2v) is 8.40. The van der Waals surface area contributed by atoms with E-state index in [0.29, 0.717) is 6.61 Å². The minimum Gasteiger partial charge on any atom is -0.497 e. The molecule has 2 aromatic carbocycles. The molecule has 0 aliphatic rings. The Hall–Kier alpha value is -2.12. The van der Waals surface area contributed by atoms with Gasteiger partial charge in [0.05, 0.1) is 19.5 Å². The van der Waals surface area contributed by atoms with Crippen molar-refractivity contribution in [2.75, 3.05) is 19.5 Å². The third-order valence-corrected chi connectivity index (χ3v) is 6.28. The van der Waals surface area contributed by atoms with Gasteiger partial charge in [-0.15, -0.1) is 22.0 Å². The van der Waals surface area contributed by atoms with Gasteiger partial charge in [-0.25, -0.2) is 0 Å². The summed E-state index contributed by atoms with van der Waals surface area (Å²) in [6.07, 6.45) is 0.941. The largest absolute Gasteiger partial charge is 0.497 e. The van der Waals surface area contributed by atoms with Crippen LogP contribution in [0.1, 0.15) is 17.8 Å². The van der Waals surface area contributed by atoms with Gasteiger partial charge in [-0.1, -0.05) is 29.5 Å². The summed E-state index contributed by atoms with van der Waals surface area (Å²) in [4.78, 5) is 1.25. The molecule has 0 bridgehead atoms. The van der Waals surface area contributed by atoms with Crippen LogP contribution >= 0.6 is 23.5 Å². The summed E-state index contributed by atoms with van der Waals surface area (Å²) in [6.45, 7) is 2.77. The molecular formula is C21H25N3O2S2. The van der Waals surface area contributed by atoms with E-state index >= 15 is 0 Å². The van der Waals surface area contributed by atoms with Gasteiger partial charge >= 0.3 is 0 Å². The summed E-state index contributed by atoms with van der Waals surface area (Å²) in [5.74, 6) is 4.44. The third kappa shape index (κ3) is 5.94. The van der Waals surface area contributed by atoms with Gasteiger partial charge in [-0.3, -0.25) is 0 Å². The summed E-state index contributed by atoms with van der Waals surface area (Å²) >= 11 is 3.49. The molecule has 0 saturated heterocycles. The van der Waals surface area contributed by atoms with Crippen molar-refractivity contribution in [1.29, 1.82) is 0 Å². The minimum atomic E-state index is 0.674. The lowest BCUT2D eigenvalue weighted by Gasteiger charge is -2.07. The molecule has 148 valence electrons. The van der Waals surface area contributed by atoms with E-state index in [1.807, 2.05) is 31.3 Å². The molecular weight excluding hydrogens is 390 g/mol. The molecule has 0 unspecified atom stereocenters. The van der Waals surface area contributed by atoms with Gasteiger partial charge in [0, 0.05) is 17.7 Å². The molecule has 0 radical (unpaired) electrons. The molecule has 7 heteroatoms. The van der Waals surface area contributed by atoms with Gasteiger partial charge in [-0.05, 0) is 49.7 Å². The molecule has 0 spiro atoms. The van der Waals surface area contributed by atoms with Crippen molar-refractivity contribution in [3.63, 3.8) is 0 Å². The van der Waals surface area contributed by atoms with E-state index in [4.69, 9.17) is 9.47 Å². The first-order valence-corrected chi connectivity index (χ1v) is 11.1. The Morgan fingerprint density at radius 2 is 1.64 bits per heavy atom. The summed E-state index contributed by atoms with van der Waals surface area (Å²) in [5, 5.41) is 9.61. The standard InChI is InChI=1S/C21H25N3O2S2/c1-16-5-11-19(12-6-16)28-15-20-22-23-21(24(20)2)27-14-4-13-26-18-9-7-17(25-3)8-10-18/h5-12H,4,13-15H2,1-3H3. The Labute approximate surface area is 174 Å². The van der Waals surface area contributed by atoms with E-state index in [0.717, 1.165) is 40.4 Å². The van der Waals surface area contributed by atoms with E-state index < -0.39 is 0 Å². The molecule has 0 N–H and O–H groups in total. The highest BCUT2D eigenvalue weighted by Gasteiger charge is 2.09. The van der Waals surface area contributed by atoms with Gasteiger partial charge in [-0.2, -0.15) is 0 Å². The summed E-state index contributed by atoms with van der Waals surface area (Å²) in [5.41, 5.74) is 1.28. The highest BCUT2D eigenvalue weighted by atomic mass is 32.2. The van der Waals surface area contributed by atoms with Gasteiger partial charge in [0.1, 0.15) is 17.3 Å². The quantitative estimate of drug-likeness (QED) is 0.344. The zero-order chi connectivity index (χ0) is 19.8. The van der Waals surface area contributed by atoms with Crippen LogP contribution in [-0.4, -0.2) is 34.2 Å². The highest BCUT2D eigenvalue weighted by molar-refractivity contribution is 7.99. The average molecular weight is 416 g/mol. The topological polar surface area (TPSA) is 49.2 Å². The second-order valence-electron chi connectivity index (χ2n) is 6.29. The van der Waals surface area contributed by atoms with E-state index in [-0.39, 0.29) is 0 Å². The maximum atomic E-state index is 5.76. The molecule has 0 saturated carbocycles. The fourth-order valence-corrected chi connectivity index (χ4v) is 4.18. The Morgan fingerprint density at radius 1 is 0.929 bits per heavy atom. The average Bonchev–Trinajstić information content (AvgIpc) is 3.07. The second kappa shape index (κ2) is 10.4. The number of hydrogen-bond acceptors (Lipinski definition) is 6. The molecule has 28 heavy (non-hydrogen) atoms. The highest BCUT2D eigenvalue weighted by Crippen LogP contribution is 2.24. The zero-order valence-electron chi connectivity index (χ0n) is 16.4. The molecule has 0 aliphatic heterocycles. The maximum absolute atomic E-state index is 5.76. The molecule has 0 atom stereocenters. The summed E-state index contributed by atoms with van der Waals surface area (Å²) < 4.78 is 13.0. The van der Waals surface area contributed by atoms with Crippen molar-refractivity contribution in [3.8, 4) is 11.5 Å². The van der Waals surface area contributed by atoms with Crippen LogP contribution in [0.2, 0.25) is 0 Å². The minimum absolute atomic E-state index is 0.674. The smallest absolute Gasteiger partial charge is 0.190 e. The third-order valence-electron chi connectivity index (χ3n) is 4.16. The molecule has 5 nitrogen and oxygen atoms in total. The van der Waals surface area contributed by atoms with Crippen LogP contribution in [0.25, 0.3) is 0 Å². The molecule has 0 fully saturated rings. The molecule has 3 rings (SSSR count). The normalized spacial score (nSPS) is 10.8. The lowest BCUT2D eigenvalue weighted by Crippen LogP contribution is -2.01. The van der Waals surface area contributed by atoms with Crippen molar-refractivity contribution in [3.05, 3.63) is 59.9 Å². The first-order chi connectivity index (χ1) is 13.7. The van der Waals surface area contributed by atoms with Crippen LogP contribution in [0.4, 0.5) is 0 Å². The first-order valence-electron chi connectivity index (χ1n) is 9.13. The number of rotatable bonds is 10. The van der Waals surface area contributed by atoms with E-state index in [1.54, 1.807) is 30.6 Å². The number of aryl methyl sites for hydroxylation is 1. The lowest BCUT2D eigenvalue weighted by molar-refractivity contribution is 0.318. The van der Waals surface area contributed by atoms with Crippen molar-refractivity contribution >= 4 is 23.5 Å². The number of ether oxygens (including phenoxy) is 2. The van der Waals surface area contributed by atoms with Crippen LogP contribution in [0.5, 0.6) is 11.5 Å². The molecule has 3 aromatic rings. The van der Waals surface area contributed by atoms with Crippen LogP contribution in [0, 0.1) is 6.92 Å². The van der Waals surface area contributed by atoms with Crippen LogP contribution in [-0.2, 0) is 12.8 Å².